The number of aliphatic hydroxyl groups is 1. The van der Waals surface area contributed by atoms with Crippen molar-refractivity contribution in [3.63, 3.8) is 0 Å². The molecule has 0 saturated heterocycles. The van der Waals surface area contributed by atoms with E-state index in [0.717, 1.165) is 6.07 Å². The van der Waals surface area contributed by atoms with Crippen molar-refractivity contribution < 1.29 is 37.7 Å². The highest BCUT2D eigenvalue weighted by atomic mass is 19.3. The molecule has 0 bridgehead atoms. The van der Waals surface area contributed by atoms with Crippen LogP contribution in [0.2, 0.25) is 0 Å². The molecule has 18 heavy (non-hydrogen) atoms. The zero-order valence-electron chi connectivity index (χ0n) is 8.64. The zero-order valence-corrected chi connectivity index (χ0v) is 8.64. The number of carbonyl (C=O) groups excluding carboxylic acids is 1. The summed E-state index contributed by atoms with van der Waals surface area (Å²) in [6.45, 7) is -3.40. The summed E-state index contributed by atoms with van der Waals surface area (Å²) in [5, 5.41) is 17.8. The Kier molecular flexibility index (Phi) is 4.27. The van der Waals surface area contributed by atoms with E-state index < -0.39 is 35.8 Å². The molecule has 1 aromatic rings. The lowest BCUT2D eigenvalue weighted by Crippen LogP contribution is -2.15. The molecule has 2 N–H and O–H groups in total. The van der Waals surface area contributed by atoms with Crippen molar-refractivity contribution in [2.24, 2.45) is 0 Å². The molecule has 1 rings (SSSR count). The molecule has 0 amide bonds. The molecule has 5 nitrogen and oxygen atoms in total. The normalized spacial score (nSPS) is 12.3. The molecule has 1 aromatic carbocycles. The third-order valence-electron chi connectivity index (χ3n) is 1.97. The summed E-state index contributed by atoms with van der Waals surface area (Å²) in [5.74, 6) is -4.27. The second kappa shape index (κ2) is 5.50. The molecule has 8 heteroatoms. The number of aldehydes is 1. The number of aliphatic carboxylic acids is 1. The Labute approximate surface area is 98.4 Å². The third kappa shape index (κ3) is 2.98. The van der Waals surface area contributed by atoms with E-state index in [2.05, 4.69) is 4.74 Å². The number of halogens is 3. The molecule has 0 saturated carbocycles. The summed E-state index contributed by atoms with van der Waals surface area (Å²) >= 11 is 0. The van der Waals surface area contributed by atoms with Gasteiger partial charge in [0.05, 0.1) is 0 Å². The van der Waals surface area contributed by atoms with E-state index in [1.807, 2.05) is 0 Å². The van der Waals surface area contributed by atoms with E-state index in [4.69, 9.17) is 5.11 Å². The fraction of sp³-hybridized carbons (Fsp3) is 0.200. The van der Waals surface area contributed by atoms with Gasteiger partial charge in [-0.3, -0.25) is 4.79 Å². The second-order valence-corrected chi connectivity index (χ2v) is 3.16. The predicted molar refractivity (Wildman–Crippen MR) is 51.0 cm³/mol. The van der Waals surface area contributed by atoms with Crippen molar-refractivity contribution in [1.82, 2.24) is 0 Å². The highest BCUT2D eigenvalue weighted by Gasteiger charge is 2.25. The van der Waals surface area contributed by atoms with E-state index >= 15 is 0 Å². The predicted octanol–water partition coefficient (Wildman–Crippen LogP) is 1.36. The lowest BCUT2D eigenvalue weighted by atomic mass is 10.0. The van der Waals surface area contributed by atoms with Gasteiger partial charge in [-0.15, -0.1) is 0 Å². The Morgan fingerprint density at radius 3 is 2.44 bits per heavy atom. The summed E-state index contributed by atoms with van der Waals surface area (Å²) < 4.78 is 41.2. The molecule has 0 spiro atoms. The van der Waals surface area contributed by atoms with Crippen molar-refractivity contribution in [2.45, 2.75) is 12.7 Å². The zero-order chi connectivity index (χ0) is 13.9. The van der Waals surface area contributed by atoms with Crippen molar-refractivity contribution >= 4 is 12.3 Å². The summed E-state index contributed by atoms with van der Waals surface area (Å²) in [7, 11) is 0. The lowest BCUT2D eigenvalue weighted by molar-refractivity contribution is -0.147. The number of alkyl halides is 2. The minimum absolute atomic E-state index is 0.174. The quantitative estimate of drug-likeness (QED) is 0.784. The number of carboxylic acids is 1. The Morgan fingerprint density at radius 1 is 1.39 bits per heavy atom. The maximum Gasteiger partial charge on any atom is 0.387 e. The largest absolute Gasteiger partial charge is 0.479 e. The van der Waals surface area contributed by atoms with E-state index in [-0.39, 0.29) is 11.8 Å². The number of carboxylic acid groups (broad SMARTS) is 1. The first-order chi connectivity index (χ1) is 8.36. The first-order valence-electron chi connectivity index (χ1n) is 4.51. The van der Waals surface area contributed by atoms with E-state index in [1.54, 1.807) is 0 Å². The Morgan fingerprint density at radius 2 is 2.00 bits per heavy atom. The van der Waals surface area contributed by atoms with Gasteiger partial charge in [-0.05, 0) is 12.1 Å². The van der Waals surface area contributed by atoms with Gasteiger partial charge in [0.15, 0.2) is 17.7 Å². The van der Waals surface area contributed by atoms with Crippen molar-refractivity contribution in [2.75, 3.05) is 0 Å². The molecule has 0 fully saturated rings. The number of aliphatic hydroxyl groups excluding tert-OH is 1. The van der Waals surface area contributed by atoms with E-state index in [1.165, 1.54) is 0 Å². The van der Waals surface area contributed by atoms with Crippen LogP contribution in [-0.2, 0) is 4.79 Å². The van der Waals surface area contributed by atoms with Gasteiger partial charge in [0.1, 0.15) is 6.29 Å². The second-order valence-electron chi connectivity index (χ2n) is 3.16. The molecule has 98 valence electrons. The minimum Gasteiger partial charge on any atom is -0.479 e. The number of benzene rings is 1. The number of carbonyl (C=O) groups is 2. The summed E-state index contributed by atoms with van der Waals surface area (Å²) in [5.41, 5.74) is -1.07. The fourth-order valence-electron chi connectivity index (χ4n) is 1.25. The highest BCUT2D eigenvalue weighted by molar-refractivity contribution is 5.79. The van der Waals surface area contributed by atoms with Crippen LogP contribution in [0.15, 0.2) is 12.1 Å². The summed E-state index contributed by atoms with van der Waals surface area (Å²) in [4.78, 5) is 21.0. The molecule has 0 aliphatic rings. The first kappa shape index (κ1) is 14.0. The maximum atomic E-state index is 13.4. The van der Waals surface area contributed by atoms with Gasteiger partial charge in [-0.2, -0.15) is 8.78 Å². The van der Waals surface area contributed by atoms with Crippen LogP contribution in [0, 0.1) is 5.82 Å². The lowest BCUT2D eigenvalue weighted by Gasteiger charge is -2.14. The van der Waals surface area contributed by atoms with Gasteiger partial charge in [-0.1, -0.05) is 0 Å². The number of ether oxygens (including phenoxy) is 1. The Bertz CT molecular complexity index is 475. The number of hydrogen-bond acceptors (Lipinski definition) is 4. The van der Waals surface area contributed by atoms with Crippen LogP contribution >= 0.6 is 0 Å². The van der Waals surface area contributed by atoms with Crippen molar-refractivity contribution in [3.8, 4) is 5.75 Å². The molecule has 0 aliphatic heterocycles. The highest BCUT2D eigenvalue weighted by Crippen LogP contribution is 2.31. The Hall–Kier alpha value is -2.09. The van der Waals surface area contributed by atoms with Crippen LogP contribution in [-0.4, -0.2) is 29.1 Å². The van der Waals surface area contributed by atoms with Crippen LogP contribution in [0.4, 0.5) is 13.2 Å². The number of hydrogen-bond donors (Lipinski definition) is 2. The van der Waals surface area contributed by atoms with E-state index in [0.29, 0.717) is 6.07 Å². The van der Waals surface area contributed by atoms with Crippen LogP contribution in [0.5, 0.6) is 5.75 Å². The van der Waals surface area contributed by atoms with Gasteiger partial charge < -0.3 is 14.9 Å². The summed E-state index contributed by atoms with van der Waals surface area (Å²) in [6, 6.07) is 1.34. The molecule has 0 aliphatic carbocycles. The topological polar surface area (TPSA) is 83.8 Å². The molecular weight excluding hydrogens is 257 g/mol. The van der Waals surface area contributed by atoms with Crippen LogP contribution < -0.4 is 4.74 Å². The summed E-state index contributed by atoms with van der Waals surface area (Å²) in [6.07, 6.45) is -2.11. The van der Waals surface area contributed by atoms with Crippen LogP contribution in [0.25, 0.3) is 0 Å². The van der Waals surface area contributed by atoms with Gasteiger partial charge in [0.2, 0.25) is 0 Å². The first-order valence-corrected chi connectivity index (χ1v) is 4.51. The molecule has 1 atom stereocenters. The number of rotatable bonds is 5. The molecule has 1 unspecified atom stereocenters. The van der Waals surface area contributed by atoms with Gasteiger partial charge >= 0.3 is 12.6 Å². The molecular formula is C10H7F3O5. The van der Waals surface area contributed by atoms with Crippen molar-refractivity contribution in [1.29, 1.82) is 0 Å². The molecule has 0 aromatic heterocycles. The van der Waals surface area contributed by atoms with Crippen LogP contribution in [0.3, 0.4) is 0 Å². The third-order valence-corrected chi connectivity index (χ3v) is 1.97. The molecule has 0 radical (unpaired) electrons. The van der Waals surface area contributed by atoms with E-state index in [9.17, 15) is 27.9 Å². The van der Waals surface area contributed by atoms with Gasteiger partial charge in [0, 0.05) is 11.1 Å². The monoisotopic (exact) mass is 264 g/mol. The maximum absolute atomic E-state index is 13.4. The van der Waals surface area contributed by atoms with Crippen LogP contribution in [0.1, 0.15) is 22.0 Å². The SMILES string of the molecule is O=Cc1cc(F)c(OC(F)F)c(C(O)C(=O)O)c1. The van der Waals surface area contributed by atoms with Crippen molar-refractivity contribution in [3.05, 3.63) is 29.1 Å². The minimum atomic E-state index is -3.40. The molecule has 0 heterocycles. The smallest absolute Gasteiger partial charge is 0.387 e. The average molecular weight is 264 g/mol. The van der Waals surface area contributed by atoms with Gasteiger partial charge in [-0.25, -0.2) is 9.18 Å². The average Bonchev–Trinajstić information content (AvgIpc) is 2.29. The Balaban J connectivity index is 3.37. The van der Waals surface area contributed by atoms with Gasteiger partial charge in [0.25, 0.3) is 0 Å². The standard InChI is InChI=1S/C10H7F3O5/c11-6-2-4(3-14)1-5(7(15)9(16)17)8(6)18-10(12)13/h1-3,7,10,15H,(H,16,17). The fourth-order valence-corrected chi connectivity index (χ4v) is 1.25.